The van der Waals surface area contributed by atoms with Gasteiger partial charge in [-0.3, -0.25) is 4.79 Å². The molecule has 1 amide bonds. The summed E-state index contributed by atoms with van der Waals surface area (Å²) < 4.78 is 11.6. The number of Topliss-reactive ketones (excluding diaryl/α,β-unsaturated/α-hetero) is 1. The van der Waals surface area contributed by atoms with Crippen LogP contribution in [0.25, 0.3) is 0 Å². The molecule has 25 heavy (non-hydrogen) atoms. The zero-order valence-electron chi connectivity index (χ0n) is 15.7. The maximum Gasteiger partial charge on any atom is 0.410 e. The van der Waals surface area contributed by atoms with E-state index in [1.165, 1.54) is 4.88 Å². The summed E-state index contributed by atoms with van der Waals surface area (Å²) in [5.41, 5.74) is -0.123. The fraction of sp³-hybridized carbons (Fsp3) is 0.684. The van der Waals surface area contributed by atoms with Crippen molar-refractivity contribution in [2.24, 2.45) is 0 Å². The third-order valence-corrected chi connectivity index (χ3v) is 6.33. The van der Waals surface area contributed by atoms with Crippen molar-refractivity contribution in [3.63, 3.8) is 0 Å². The lowest BCUT2D eigenvalue weighted by Crippen LogP contribution is -2.53. The van der Waals surface area contributed by atoms with Crippen molar-refractivity contribution in [3.8, 4) is 0 Å². The van der Waals surface area contributed by atoms with Crippen LogP contribution in [0.4, 0.5) is 4.79 Å². The summed E-state index contributed by atoms with van der Waals surface area (Å²) in [6.07, 6.45) is 2.03. The van der Waals surface area contributed by atoms with Crippen LogP contribution in [0.3, 0.4) is 0 Å². The number of fused-ring (bicyclic) bond motifs is 2. The second kappa shape index (κ2) is 6.40. The first kappa shape index (κ1) is 18.4. The monoisotopic (exact) mass is 365 g/mol. The average Bonchev–Trinajstić information content (AvgIpc) is 2.96. The van der Waals surface area contributed by atoms with Crippen LogP contribution < -0.4 is 0 Å². The normalized spacial score (nSPS) is 26.7. The van der Waals surface area contributed by atoms with Gasteiger partial charge >= 0.3 is 6.09 Å². The van der Waals surface area contributed by atoms with Gasteiger partial charge in [-0.15, -0.1) is 11.3 Å². The first-order valence-electron chi connectivity index (χ1n) is 8.95. The number of carbonyl (C=O) groups excluding carboxylic acids is 2. The molecule has 1 aromatic heterocycles. The van der Waals surface area contributed by atoms with Crippen LogP contribution in [0.15, 0.2) is 6.07 Å². The van der Waals surface area contributed by atoms with Gasteiger partial charge in [0.05, 0.1) is 0 Å². The molecule has 1 aromatic rings. The number of carbonyl (C=O) groups is 2. The first-order chi connectivity index (χ1) is 11.6. The molecule has 6 heteroatoms. The van der Waals surface area contributed by atoms with Gasteiger partial charge in [-0.25, -0.2) is 4.79 Å². The minimum Gasteiger partial charge on any atom is -0.444 e. The van der Waals surface area contributed by atoms with Crippen LogP contribution in [0.5, 0.6) is 0 Å². The quantitative estimate of drug-likeness (QED) is 0.750. The van der Waals surface area contributed by atoms with E-state index < -0.39 is 11.2 Å². The van der Waals surface area contributed by atoms with Crippen molar-refractivity contribution in [1.29, 1.82) is 0 Å². The third kappa shape index (κ3) is 3.47. The number of piperidine rings is 1. The van der Waals surface area contributed by atoms with Gasteiger partial charge in [0.25, 0.3) is 0 Å². The first-order valence-corrected chi connectivity index (χ1v) is 9.77. The Labute approximate surface area is 153 Å². The molecule has 1 saturated heterocycles. The number of aryl methyl sites for hydroxylation is 1. The molecular weight excluding hydrogens is 338 g/mol. The van der Waals surface area contributed by atoms with Crippen LogP contribution in [-0.2, 0) is 21.5 Å². The lowest BCUT2D eigenvalue weighted by Gasteiger charge is -2.46. The van der Waals surface area contributed by atoms with Crippen molar-refractivity contribution < 1.29 is 19.1 Å². The smallest absolute Gasteiger partial charge is 0.410 e. The van der Waals surface area contributed by atoms with Crippen LogP contribution >= 0.6 is 11.3 Å². The van der Waals surface area contributed by atoms with Crippen molar-refractivity contribution in [2.75, 3.05) is 13.2 Å². The van der Waals surface area contributed by atoms with Crippen LogP contribution in [-0.4, -0.2) is 41.6 Å². The number of ketones is 1. The summed E-state index contributed by atoms with van der Waals surface area (Å²) in [4.78, 5) is 28.8. The van der Waals surface area contributed by atoms with Gasteiger partial charge in [0.1, 0.15) is 17.8 Å². The minimum atomic E-state index is -0.503. The number of hydrogen-bond donors (Lipinski definition) is 0. The number of rotatable bonds is 1. The Balaban J connectivity index is 1.83. The summed E-state index contributed by atoms with van der Waals surface area (Å²) in [6, 6.07) is 2.02. The molecule has 0 saturated carbocycles. The van der Waals surface area contributed by atoms with E-state index in [-0.39, 0.29) is 24.5 Å². The molecule has 5 nitrogen and oxygen atoms in total. The van der Waals surface area contributed by atoms with Crippen molar-refractivity contribution >= 4 is 23.2 Å². The zero-order valence-corrected chi connectivity index (χ0v) is 16.5. The van der Waals surface area contributed by atoms with Gasteiger partial charge in [0, 0.05) is 34.3 Å². The summed E-state index contributed by atoms with van der Waals surface area (Å²) in [5.74, 6) is 0.0683. The topological polar surface area (TPSA) is 55.8 Å². The standard InChI is InChI=1S/C19H27NO4S/c1-6-13-9-14-15(21)11-23-19(16(14)25-13)7-8-20(12(2)10-19)17(22)24-18(3,4)5/h9,12H,6-8,10-11H2,1-5H3/t12-,19+/m0/s1. The van der Waals surface area contributed by atoms with E-state index >= 15 is 0 Å². The maximum atomic E-state index is 12.5. The van der Waals surface area contributed by atoms with Crippen molar-refractivity contribution in [1.82, 2.24) is 4.90 Å². The fourth-order valence-corrected chi connectivity index (χ4v) is 4.95. The van der Waals surface area contributed by atoms with Crippen LogP contribution in [0.2, 0.25) is 0 Å². The Bertz CT molecular complexity index is 690. The van der Waals surface area contributed by atoms with Gasteiger partial charge in [-0.1, -0.05) is 6.92 Å². The summed E-state index contributed by atoms with van der Waals surface area (Å²) in [5, 5.41) is 0. The third-order valence-electron chi connectivity index (χ3n) is 4.87. The number of hydrogen-bond acceptors (Lipinski definition) is 5. The van der Waals surface area contributed by atoms with E-state index in [4.69, 9.17) is 9.47 Å². The molecule has 1 spiro atoms. The van der Waals surface area contributed by atoms with Crippen LogP contribution in [0, 0.1) is 0 Å². The maximum absolute atomic E-state index is 12.5. The van der Waals surface area contributed by atoms with E-state index in [1.54, 1.807) is 16.2 Å². The summed E-state index contributed by atoms with van der Waals surface area (Å²) >= 11 is 1.69. The Morgan fingerprint density at radius 3 is 2.80 bits per heavy atom. The van der Waals surface area contributed by atoms with Gasteiger partial charge in [-0.05, 0) is 46.6 Å². The highest BCUT2D eigenvalue weighted by Gasteiger charge is 2.48. The molecule has 2 aliphatic rings. The molecule has 138 valence electrons. The number of likely N-dealkylation sites (tertiary alicyclic amines) is 1. The predicted octanol–water partition coefficient (Wildman–Crippen LogP) is 4.14. The average molecular weight is 365 g/mol. The minimum absolute atomic E-state index is 0.00294. The number of nitrogens with zero attached hydrogens (tertiary/aromatic N) is 1. The molecular formula is C19H27NO4S. The molecule has 3 heterocycles. The predicted molar refractivity (Wildman–Crippen MR) is 97.3 cm³/mol. The molecule has 2 aliphatic heterocycles. The van der Waals surface area contributed by atoms with Crippen molar-refractivity contribution in [3.05, 3.63) is 21.4 Å². The van der Waals surface area contributed by atoms with Gasteiger partial charge in [-0.2, -0.15) is 0 Å². The largest absolute Gasteiger partial charge is 0.444 e. The van der Waals surface area contributed by atoms with E-state index in [2.05, 4.69) is 6.92 Å². The summed E-state index contributed by atoms with van der Waals surface area (Å²) in [7, 11) is 0. The zero-order chi connectivity index (χ0) is 18.4. The molecule has 0 aliphatic carbocycles. The Kier molecular flexibility index (Phi) is 4.71. The van der Waals surface area contributed by atoms with Crippen LogP contribution in [0.1, 0.15) is 67.6 Å². The molecule has 1 fully saturated rings. The number of amides is 1. The fourth-order valence-electron chi connectivity index (χ4n) is 3.65. The molecule has 0 aromatic carbocycles. The SMILES string of the molecule is CCc1cc2c(s1)[C@]1(CCN(C(=O)OC(C)(C)C)[C@@H](C)C1)OCC2=O. The van der Waals surface area contributed by atoms with E-state index in [0.717, 1.165) is 16.9 Å². The second-order valence-corrected chi connectivity index (χ2v) is 9.13. The number of thiophene rings is 1. The Morgan fingerprint density at radius 1 is 1.48 bits per heavy atom. The van der Waals surface area contributed by atoms with Gasteiger partial charge < -0.3 is 14.4 Å². The second-order valence-electron chi connectivity index (χ2n) is 7.99. The Morgan fingerprint density at radius 2 is 2.20 bits per heavy atom. The summed E-state index contributed by atoms with van der Waals surface area (Å²) in [6.45, 7) is 10.5. The van der Waals surface area contributed by atoms with Gasteiger partial charge in [0.15, 0.2) is 5.78 Å². The van der Waals surface area contributed by atoms with E-state index in [0.29, 0.717) is 19.4 Å². The highest BCUT2D eigenvalue weighted by molar-refractivity contribution is 7.12. The van der Waals surface area contributed by atoms with Gasteiger partial charge in [0.2, 0.25) is 0 Å². The van der Waals surface area contributed by atoms with Crippen molar-refractivity contribution in [2.45, 2.75) is 71.1 Å². The molecule has 2 atom stereocenters. The molecule has 3 rings (SSSR count). The lowest BCUT2D eigenvalue weighted by atomic mass is 9.82. The van der Waals surface area contributed by atoms with E-state index in [9.17, 15) is 9.59 Å². The van der Waals surface area contributed by atoms with E-state index in [1.807, 2.05) is 33.8 Å². The highest BCUT2D eigenvalue weighted by Crippen LogP contribution is 2.47. The Hall–Kier alpha value is -1.40. The highest BCUT2D eigenvalue weighted by atomic mass is 32.1. The molecule has 0 bridgehead atoms. The molecule has 0 N–H and O–H groups in total. The number of ether oxygens (including phenoxy) is 2. The molecule has 0 unspecified atom stereocenters. The lowest BCUT2D eigenvalue weighted by molar-refractivity contribution is -0.0981. The molecule has 0 radical (unpaired) electrons.